The highest BCUT2D eigenvalue weighted by molar-refractivity contribution is 5.79. The summed E-state index contributed by atoms with van der Waals surface area (Å²) in [5, 5.41) is 13.4. The Labute approximate surface area is 151 Å². The first-order valence-corrected chi connectivity index (χ1v) is 8.64. The van der Waals surface area contributed by atoms with E-state index in [1.54, 1.807) is 4.90 Å². The van der Waals surface area contributed by atoms with Crippen molar-refractivity contribution in [2.24, 2.45) is 5.73 Å². The van der Waals surface area contributed by atoms with Crippen molar-refractivity contribution in [2.45, 2.75) is 31.7 Å². The van der Waals surface area contributed by atoms with Gasteiger partial charge in [0.25, 0.3) is 11.6 Å². The number of piperidine rings is 1. The number of hydrogen-bond acceptors (Lipinski definition) is 6. The molecule has 0 spiro atoms. The fraction of sp³-hybridized carbons (Fsp3) is 0.529. The molecule has 1 aromatic rings. The smallest absolute Gasteiger partial charge is 0.269 e. The molecule has 1 saturated heterocycles. The molecule has 2 amide bonds. The summed E-state index contributed by atoms with van der Waals surface area (Å²) in [7, 11) is 0. The van der Waals surface area contributed by atoms with Gasteiger partial charge in [0.05, 0.1) is 4.92 Å². The molecule has 0 aromatic heterocycles. The second kappa shape index (κ2) is 9.71. The van der Waals surface area contributed by atoms with E-state index in [1.165, 1.54) is 24.3 Å². The third-order valence-corrected chi connectivity index (χ3v) is 4.26. The van der Waals surface area contributed by atoms with Crippen LogP contribution in [0.5, 0.6) is 5.75 Å². The lowest BCUT2D eigenvalue weighted by Gasteiger charge is -2.35. The molecule has 1 aliphatic heterocycles. The van der Waals surface area contributed by atoms with E-state index in [4.69, 9.17) is 10.5 Å². The quantitative estimate of drug-likeness (QED) is 0.519. The number of nitro groups is 1. The summed E-state index contributed by atoms with van der Waals surface area (Å²) in [6, 6.07) is 5.53. The molecule has 1 atom stereocenters. The maximum atomic E-state index is 12.5. The zero-order chi connectivity index (χ0) is 18.9. The molecule has 1 fully saturated rings. The Bertz CT molecular complexity index is 635. The number of nitrogens with zero attached hydrogens (tertiary/aromatic N) is 2. The van der Waals surface area contributed by atoms with Crippen LogP contribution in [0.15, 0.2) is 24.3 Å². The fourth-order valence-corrected chi connectivity index (χ4v) is 2.88. The molecular formula is C17H24N4O5. The lowest BCUT2D eigenvalue weighted by Crippen LogP contribution is -2.50. The maximum Gasteiger partial charge on any atom is 0.269 e. The van der Waals surface area contributed by atoms with E-state index < -0.39 is 4.92 Å². The van der Waals surface area contributed by atoms with Gasteiger partial charge in [-0.25, -0.2) is 0 Å². The minimum Gasteiger partial charge on any atom is -0.484 e. The molecule has 1 aromatic carbocycles. The minimum atomic E-state index is -0.494. The summed E-state index contributed by atoms with van der Waals surface area (Å²) >= 11 is 0. The van der Waals surface area contributed by atoms with Crippen molar-refractivity contribution in [1.29, 1.82) is 0 Å². The van der Waals surface area contributed by atoms with E-state index >= 15 is 0 Å². The first-order valence-electron chi connectivity index (χ1n) is 8.64. The van der Waals surface area contributed by atoms with Crippen LogP contribution in [0.2, 0.25) is 0 Å². The average Bonchev–Trinajstić information content (AvgIpc) is 2.65. The largest absolute Gasteiger partial charge is 0.484 e. The predicted molar refractivity (Wildman–Crippen MR) is 94.6 cm³/mol. The van der Waals surface area contributed by atoms with Gasteiger partial charge in [-0.2, -0.15) is 0 Å². The SMILES string of the molecule is NCCC(=O)NCC1CCCCN1C(=O)COc1ccc([N+](=O)[O-])cc1. The molecule has 0 aliphatic carbocycles. The van der Waals surface area contributed by atoms with Gasteiger partial charge in [-0.05, 0) is 31.4 Å². The molecule has 0 saturated carbocycles. The number of nitrogens with one attached hydrogen (secondary N) is 1. The van der Waals surface area contributed by atoms with Crippen LogP contribution in [0.4, 0.5) is 5.69 Å². The molecule has 9 nitrogen and oxygen atoms in total. The first kappa shape index (κ1) is 19.6. The molecule has 1 unspecified atom stereocenters. The van der Waals surface area contributed by atoms with Gasteiger partial charge in [0, 0.05) is 44.2 Å². The van der Waals surface area contributed by atoms with Gasteiger partial charge < -0.3 is 20.7 Å². The van der Waals surface area contributed by atoms with Crippen molar-refractivity contribution in [3.8, 4) is 5.75 Å². The Morgan fingerprint density at radius 2 is 2.04 bits per heavy atom. The van der Waals surface area contributed by atoms with Crippen LogP contribution >= 0.6 is 0 Å². The van der Waals surface area contributed by atoms with Gasteiger partial charge in [0.1, 0.15) is 5.75 Å². The number of likely N-dealkylation sites (tertiary alicyclic amines) is 1. The van der Waals surface area contributed by atoms with Crippen molar-refractivity contribution in [1.82, 2.24) is 10.2 Å². The number of nitrogens with two attached hydrogens (primary N) is 1. The van der Waals surface area contributed by atoms with E-state index in [2.05, 4.69) is 5.32 Å². The first-order chi connectivity index (χ1) is 12.5. The number of amides is 2. The number of rotatable bonds is 8. The van der Waals surface area contributed by atoms with Crippen molar-refractivity contribution in [2.75, 3.05) is 26.2 Å². The second-order valence-corrected chi connectivity index (χ2v) is 6.12. The third-order valence-electron chi connectivity index (χ3n) is 4.26. The molecule has 0 radical (unpaired) electrons. The van der Waals surface area contributed by atoms with Crippen molar-refractivity contribution >= 4 is 17.5 Å². The van der Waals surface area contributed by atoms with Gasteiger partial charge >= 0.3 is 0 Å². The third kappa shape index (κ3) is 5.69. The number of non-ortho nitro benzene ring substituents is 1. The summed E-state index contributed by atoms with van der Waals surface area (Å²) in [5.74, 6) is 0.113. The van der Waals surface area contributed by atoms with Crippen molar-refractivity contribution < 1.29 is 19.2 Å². The van der Waals surface area contributed by atoms with Gasteiger partial charge in [-0.3, -0.25) is 19.7 Å². The van der Waals surface area contributed by atoms with E-state index in [-0.39, 0.29) is 36.6 Å². The molecule has 1 aliphatic rings. The molecule has 1 heterocycles. The fourth-order valence-electron chi connectivity index (χ4n) is 2.88. The summed E-state index contributed by atoms with van der Waals surface area (Å²) in [4.78, 5) is 35.9. The second-order valence-electron chi connectivity index (χ2n) is 6.12. The highest BCUT2D eigenvalue weighted by Crippen LogP contribution is 2.19. The lowest BCUT2D eigenvalue weighted by atomic mass is 10.0. The molecule has 26 heavy (non-hydrogen) atoms. The molecule has 9 heteroatoms. The van der Waals surface area contributed by atoms with Crippen LogP contribution in [-0.2, 0) is 9.59 Å². The van der Waals surface area contributed by atoms with Gasteiger partial charge in [-0.15, -0.1) is 0 Å². The number of carbonyl (C=O) groups is 2. The van der Waals surface area contributed by atoms with E-state index in [0.717, 1.165) is 19.3 Å². The predicted octanol–water partition coefficient (Wildman–Crippen LogP) is 0.820. The van der Waals surface area contributed by atoms with Crippen LogP contribution in [0.3, 0.4) is 0 Å². The number of nitro benzene ring substituents is 1. The van der Waals surface area contributed by atoms with Crippen LogP contribution in [-0.4, -0.2) is 53.9 Å². The molecule has 3 N–H and O–H groups in total. The molecule has 142 valence electrons. The van der Waals surface area contributed by atoms with Crippen molar-refractivity contribution in [3.63, 3.8) is 0 Å². The number of hydrogen-bond donors (Lipinski definition) is 2. The summed E-state index contributed by atoms with van der Waals surface area (Å²) in [6.07, 6.45) is 3.01. The zero-order valence-corrected chi connectivity index (χ0v) is 14.6. The number of ether oxygens (including phenoxy) is 1. The van der Waals surface area contributed by atoms with Crippen LogP contribution < -0.4 is 15.8 Å². The summed E-state index contributed by atoms with van der Waals surface area (Å²) < 4.78 is 5.45. The Hall–Kier alpha value is -2.68. The minimum absolute atomic E-state index is 0.0343. The monoisotopic (exact) mass is 364 g/mol. The lowest BCUT2D eigenvalue weighted by molar-refractivity contribution is -0.384. The standard InChI is InChI=1S/C17H24N4O5/c18-9-8-16(22)19-11-14-3-1-2-10-20(14)17(23)12-26-15-6-4-13(5-7-15)21(24)25/h4-7,14H,1-3,8-12,18H2,(H,19,22). The van der Waals surface area contributed by atoms with Crippen LogP contribution in [0.25, 0.3) is 0 Å². The maximum absolute atomic E-state index is 12.5. The normalized spacial score (nSPS) is 16.8. The van der Waals surface area contributed by atoms with Gasteiger partial charge in [0.2, 0.25) is 5.91 Å². The zero-order valence-electron chi connectivity index (χ0n) is 14.6. The summed E-state index contributed by atoms with van der Waals surface area (Å²) in [5.41, 5.74) is 5.32. The van der Waals surface area contributed by atoms with E-state index in [9.17, 15) is 19.7 Å². The van der Waals surface area contributed by atoms with Gasteiger partial charge in [0.15, 0.2) is 6.61 Å². The Morgan fingerprint density at radius 3 is 2.69 bits per heavy atom. The van der Waals surface area contributed by atoms with Crippen LogP contribution in [0.1, 0.15) is 25.7 Å². The average molecular weight is 364 g/mol. The molecule has 2 rings (SSSR count). The van der Waals surface area contributed by atoms with Crippen molar-refractivity contribution in [3.05, 3.63) is 34.4 Å². The summed E-state index contributed by atoms with van der Waals surface area (Å²) in [6.45, 7) is 1.18. The van der Waals surface area contributed by atoms with E-state index in [0.29, 0.717) is 25.4 Å². The van der Waals surface area contributed by atoms with Gasteiger partial charge in [-0.1, -0.05) is 0 Å². The molecular weight excluding hydrogens is 340 g/mol. The number of carbonyl (C=O) groups excluding carboxylic acids is 2. The van der Waals surface area contributed by atoms with Crippen LogP contribution in [0, 0.1) is 10.1 Å². The highest BCUT2D eigenvalue weighted by Gasteiger charge is 2.27. The Morgan fingerprint density at radius 1 is 1.31 bits per heavy atom. The molecule has 0 bridgehead atoms. The highest BCUT2D eigenvalue weighted by atomic mass is 16.6. The topological polar surface area (TPSA) is 128 Å². The Balaban J connectivity index is 1.86. The number of benzene rings is 1. The Kier molecular flexibility index (Phi) is 7.34. The van der Waals surface area contributed by atoms with E-state index in [1.807, 2.05) is 0 Å².